The van der Waals surface area contributed by atoms with Crippen LogP contribution in [0.25, 0.3) is 0 Å². The third-order valence-corrected chi connectivity index (χ3v) is 11.2. The predicted octanol–water partition coefficient (Wildman–Crippen LogP) is 2.94. The summed E-state index contributed by atoms with van der Waals surface area (Å²) in [5.41, 5.74) is 0. The van der Waals surface area contributed by atoms with Crippen molar-refractivity contribution in [2.24, 2.45) is 0 Å². The summed E-state index contributed by atoms with van der Waals surface area (Å²) in [5, 5.41) is 49.5. The molecule has 0 fully saturated rings. The second-order valence-corrected chi connectivity index (χ2v) is 17.4. The number of carboxylic acid groups (broad SMARTS) is 1. The van der Waals surface area contributed by atoms with Crippen molar-refractivity contribution in [1.29, 1.82) is 0 Å². The molecular formula is C41H80N2O18S2. The molecule has 0 aliphatic heterocycles. The smallest absolute Gasteiger partial charge is 0.305 e. The van der Waals surface area contributed by atoms with E-state index in [1.165, 1.54) is 21.3 Å². The fraction of sp³-hybridized carbons (Fsp3) is 0.878. The molecule has 0 heterocycles. The summed E-state index contributed by atoms with van der Waals surface area (Å²) in [7, 11) is 7.77. The molecule has 7 N–H and O–H groups in total. The highest BCUT2D eigenvalue weighted by atomic mass is 33.1. The average molecular weight is 953 g/mol. The first kappa shape index (κ1) is 64.9. The first-order valence-corrected chi connectivity index (χ1v) is 23.8. The van der Waals surface area contributed by atoms with E-state index in [1.54, 1.807) is 21.6 Å². The molecule has 2 amide bonds. The van der Waals surface area contributed by atoms with E-state index in [1.807, 2.05) is 27.0 Å². The second-order valence-electron chi connectivity index (χ2n) is 14.3. The Morgan fingerprint density at radius 2 is 0.968 bits per heavy atom. The number of rotatable bonds is 37. The number of methoxy groups -OCH3 is 3. The van der Waals surface area contributed by atoms with E-state index in [9.17, 15) is 24.0 Å². The van der Waals surface area contributed by atoms with E-state index in [4.69, 9.17) is 63.4 Å². The molecule has 0 aromatic heterocycles. The molecule has 0 aliphatic rings. The quantitative estimate of drug-likeness (QED) is 0.0204. The Morgan fingerprint density at radius 1 is 0.571 bits per heavy atom. The Bertz CT molecular complexity index is 1130. The Labute approximate surface area is 382 Å². The molecule has 0 radical (unpaired) electrons. The van der Waals surface area contributed by atoms with Gasteiger partial charge in [0.25, 0.3) is 0 Å². The summed E-state index contributed by atoms with van der Waals surface area (Å²) in [6.45, 7) is 10.2. The van der Waals surface area contributed by atoms with Crippen molar-refractivity contribution in [2.45, 2.75) is 154 Å². The highest BCUT2D eigenvalue weighted by Crippen LogP contribution is 2.36. The summed E-state index contributed by atoms with van der Waals surface area (Å²) >= 11 is 0. The van der Waals surface area contributed by atoms with Gasteiger partial charge in [-0.1, -0.05) is 42.4 Å². The Morgan fingerprint density at radius 3 is 1.32 bits per heavy atom. The van der Waals surface area contributed by atoms with Crippen LogP contribution in [-0.2, 0) is 61.9 Å². The lowest BCUT2D eigenvalue weighted by atomic mass is 10.1. The molecule has 0 bridgehead atoms. The Balaban J connectivity index is -0.00000100. The van der Waals surface area contributed by atoms with Gasteiger partial charge >= 0.3 is 17.9 Å². The van der Waals surface area contributed by atoms with Crippen LogP contribution in [0.1, 0.15) is 112 Å². The summed E-state index contributed by atoms with van der Waals surface area (Å²) in [4.78, 5) is 57.2. The van der Waals surface area contributed by atoms with Crippen LogP contribution >= 0.6 is 21.6 Å². The molecule has 0 saturated heterocycles. The fourth-order valence-corrected chi connectivity index (χ4v) is 6.83. The SMILES string of the molecule is CCC(CO)OC(CO)OC.CCC(CO)OC(COC(=O)CCCC(=O)NCCCNC(=O)CCC(C)(C)SSC)OC.CCC(CO)OC(COC(=O)CCCC(=O)O)OC. The van der Waals surface area contributed by atoms with Crippen LogP contribution in [0.4, 0.5) is 0 Å². The normalized spacial score (nSPS) is 14.0. The first-order valence-electron chi connectivity index (χ1n) is 21.2. The van der Waals surface area contributed by atoms with Crippen LogP contribution in [-0.4, -0.2) is 177 Å². The zero-order valence-electron chi connectivity index (χ0n) is 39.0. The molecule has 0 aromatic carbocycles. The van der Waals surface area contributed by atoms with Gasteiger partial charge in [-0.05, 0) is 65.0 Å². The maximum atomic E-state index is 11.9. The fourth-order valence-electron chi connectivity index (χ4n) is 4.59. The van der Waals surface area contributed by atoms with E-state index in [-0.39, 0.29) is 107 Å². The molecule has 20 nitrogen and oxygen atoms in total. The third-order valence-electron chi connectivity index (χ3n) is 8.53. The van der Waals surface area contributed by atoms with Crippen molar-refractivity contribution in [3.8, 4) is 0 Å². The number of aliphatic hydroxyl groups is 4. The van der Waals surface area contributed by atoms with Crippen LogP contribution in [0.2, 0.25) is 0 Å². The monoisotopic (exact) mass is 952 g/mol. The molecule has 0 spiro atoms. The van der Waals surface area contributed by atoms with Gasteiger partial charge in [-0.3, -0.25) is 24.0 Å². The Kier molecular flexibility index (Phi) is 44.9. The lowest BCUT2D eigenvalue weighted by Gasteiger charge is -2.21. The van der Waals surface area contributed by atoms with Gasteiger partial charge in [0, 0.05) is 71.3 Å². The summed E-state index contributed by atoms with van der Waals surface area (Å²) < 4.78 is 40.8. The van der Waals surface area contributed by atoms with Crippen molar-refractivity contribution in [2.75, 3.05) is 80.3 Å². The lowest BCUT2D eigenvalue weighted by Crippen LogP contribution is -2.31. The van der Waals surface area contributed by atoms with E-state index in [0.29, 0.717) is 51.6 Å². The van der Waals surface area contributed by atoms with Crippen molar-refractivity contribution in [1.82, 2.24) is 10.6 Å². The summed E-state index contributed by atoms with van der Waals surface area (Å²) in [6.07, 6.45) is 3.75. The van der Waals surface area contributed by atoms with E-state index in [2.05, 4.69) is 24.5 Å². The van der Waals surface area contributed by atoms with Gasteiger partial charge in [0.2, 0.25) is 11.8 Å². The number of ether oxygens (including phenoxy) is 8. The van der Waals surface area contributed by atoms with Gasteiger partial charge in [0.1, 0.15) is 13.2 Å². The molecule has 6 unspecified atom stereocenters. The van der Waals surface area contributed by atoms with Gasteiger partial charge in [0.15, 0.2) is 18.9 Å². The van der Waals surface area contributed by atoms with Crippen LogP contribution in [0, 0.1) is 0 Å². The molecule has 0 rings (SSSR count). The summed E-state index contributed by atoms with van der Waals surface area (Å²) in [6, 6.07) is 0. The molecular weight excluding hydrogens is 873 g/mol. The van der Waals surface area contributed by atoms with Gasteiger partial charge in [-0.2, -0.15) is 0 Å². The molecule has 6 atom stereocenters. The lowest BCUT2D eigenvalue weighted by molar-refractivity contribution is -0.194. The molecule has 374 valence electrons. The molecule has 22 heteroatoms. The second kappa shape index (κ2) is 43.5. The van der Waals surface area contributed by atoms with Crippen molar-refractivity contribution in [3.05, 3.63) is 0 Å². The molecule has 0 saturated carbocycles. The number of carbonyl (C=O) groups is 5. The highest BCUT2D eigenvalue weighted by molar-refractivity contribution is 8.76. The molecule has 0 aliphatic carbocycles. The van der Waals surface area contributed by atoms with E-state index < -0.39 is 36.8 Å². The van der Waals surface area contributed by atoms with Crippen molar-refractivity contribution in [3.63, 3.8) is 0 Å². The number of amides is 2. The van der Waals surface area contributed by atoms with Gasteiger partial charge < -0.3 is 74.1 Å². The zero-order chi connectivity index (χ0) is 48.5. The maximum Gasteiger partial charge on any atom is 0.305 e. The van der Waals surface area contributed by atoms with Crippen LogP contribution in [0.5, 0.6) is 0 Å². The number of hydrogen-bond acceptors (Lipinski definition) is 19. The molecule has 0 aromatic rings. The maximum absolute atomic E-state index is 11.9. The number of nitrogens with one attached hydrogen (secondary N) is 2. The average Bonchev–Trinajstić information content (AvgIpc) is 3.26. The van der Waals surface area contributed by atoms with Gasteiger partial charge in [-0.25, -0.2) is 0 Å². The predicted molar refractivity (Wildman–Crippen MR) is 239 cm³/mol. The Hall–Kier alpha value is -2.35. The van der Waals surface area contributed by atoms with Gasteiger partial charge in [-0.15, -0.1) is 0 Å². The van der Waals surface area contributed by atoms with Crippen molar-refractivity contribution < 1.29 is 87.4 Å². The zero-order valence-corrected chi connectivity index (χ0v) is 40.6. The summed E-state index contributed by atoms with van der Waals surface area (Å²) in [5.74, 6) is -2.00. The molecule has 63 heavy (non-hydrogen) atoms. The minimum Gasteiger partial charge on any atom is -0.481 e. The number of esters is 2. The van der Waals surface area contributed by atoms with E-state index >= 15 is 0 Å². The third kappa shape index (κ3) is 40.9. The van der Waals surface area contributed by atoms with Crippen molar-refractivity contribution >= 4 is 51.3 Å². The van der Waals surface area contributed by atoms with Crippen LogP contribution in [0.3, 0.4) is 0 Å². The minimum absolute atomic E-state index is 0.0253. The number of hydrogen-bond donors (Lipinski definition) is 7. The number of carboxylic acids is 1. The van der Waals surface area contributed by atoms with Crippen LogP contribution in [0.15, 0.2) is 0 Å². The number of aliphatic hydroxyl groups excluding tert-OH is 4. The first-order chi connectivity index (χ1) is 30.0. The minimum atomic E-state index is -0.945. The largest absolute Gasteiger partial charge is 0.481 e. The van der Waals surface area contributed by atoms with E-state index in [0.717, 1.165) is 6.42 Å². The number of carbonyl (C=O) groups excluding carboxylic acids is 4. The van der Waals surface area contributed by atoms with Gasteiger partial charge in [0.05, 0.1) is 44.7 Å². The topological polar surface area (TPSA) is 284 Å². The number of aliphatic carboxylic acids is 1. The highest BCUT2D eigenvalue weighted by Gasteiger charge is 2.20. The standard InChI is InChI=1S/C22H42N2O7S2.C12H22O7.C7H16O4/c1-6-17(15-25)31-21(29-4)16-30-20(28)10-7-9-18(26)23-13-8-14-24-19(27)11-12-22(2,3)33-32-5;1-3-9(7-13)19-12(17-2)8-18-11(16)6-4-5-10(14)15;1-3-6(4-8)11-7(5-9)10-2/h17,21,25H,6-16H2,1-5H3,(H,23,26)(H,24,27);9,12-13H,3-8H2,1-2H3,(H,14,15);6-9H,3-5H2,1-2H3. The van der Waals surface area contributed by atoms with Crippen LogP contribution < -0.4 is 10.6 Å².